The Labute approximate surface area is 217 Å². The highest BCUT2D eigenvalue weighted by atomic mass is 19.3. The number of nitrogens with zero attached hydrogens (tertiary/aromatic N) is 7. The number of benzene rings is 1. The molecule has 0 unspecified atom stereocenters. The number of fused-ring (bicyclic) bond motifs is 2. The number of imidazole rings is 1. The van der Waals surface area contributed by atoms with Gasteiger partial charge in [0.25, 0.3) is 6.43 Å². The Kier molecular flexibility index (Phi) is 5.97. The first-order valence-electron chi connectivity index (χ1n) is 12.6. The van der Waals surface area contributed by atoms with E-state index >= 15 is 0 Å². The summed E-state index contributed by atoms with van der Waals surface area (Å²) in [5, 5.41) is 4.69. The summed E-state index contributed by atoms with van der Waals surface area (Å²) in [5.41, 5.74) is 3.34. The van der Waals surface area contributed by atoms with E-state index in [1.54, 1.807) is 35.9 Å². The summed E-state index contributed by atoms with van der Waals surface area (Å²) in [7, 11) is 3.48. The van der Waals surface area contributed by atoms with Gasteiger partial charge < -0.3 is 9.47 Å². The van der Waals surface area contributed by atoms with Crippen molar-refractivity contribution >= 4 is 16.8 Å². The van der Waals surface area contributed by atoms with E-state index < -0.39 is 19.1 Å². The maximum atomic E-state index is 14.3. The van der Waals surface area contributed by atoms with E-state index in [2.05, 4.69) is 10.1 Å². The van der Waals surface area contributed by atoms with Gasteiger partial charge in [0.15, 0.2) is 0 Å². The molecule has 11 heteroatoms. The first kappa shape index (κ1) is 24.6. The van der Waals surface area contributed by atoms with E-state index in [1.165, 1.54) is 12.3 Å². The van der Waals surface area contributed by atoms with Crippen molar-refractivity contribution in [3.63, 3.8) is 0 Å². The van der Waals surface area contributed by atoms with Crippen molar-refractivity contribution in [1.29, 1.82) is 0 Å². The number of hydrogen-bond acceptors (Lipinski definition) is 5. The fraction of sp³-hybridized carbons (Fsp3) is 0.407. The molecule has 8 nitrogen and oxygen atoms in total. The molecule has 1 atom stereocenters. The summed E-state index contributed by atoms with van der Waals surface area (Å²) in [6.07, 6.45) is 0.462. The Bertz CT molecular complexity index is 1540. The summed E-state index contributed by atoms with van der Waals surface area (Å²) in [5.74, 6) is 0.836. The summed E-state index contributed by atoms with van der Waals surface area (Å²) in [6.45, 7) is 3.50. The van der Waals surface area contributed by atoms with Crippen LogP contribution < -0.4 is 0 Å². The highest BCUT2D eigenvalue weighted by Crippen LogP contribution is 2.41. The lowest BCUT2D eigenvalue weighted by Gasteiger charge is -2.40. The molecular weight excluding hydrogens is 495 g/mol. The van der Waals surface area contributed by atoms with Crippen LogP contribution in [0, 0.1) is 0 Å². The van der Waals surface area contributed by atoms with Crippen molar-refractivity contribution in [1.82, 2.24) is 34.1 Å². The Morgan fingerprint density at radius 2 is 1.92 bits per heavy atom. The SMILES string of the molecule is C[C@H]1C(=O)N(C)Cc2c(-c3cccc4nc(-c5cnn(C)c5)c(C(F)F)cc34)nc(C3CN(CCF)C3)n21. The topological polar surface area (TPSA) is 72.1 Å². The van der Waals surface area contributed by atoms with Crippen LogP contribution in [-0.4, -0.2) is 73.4 Å². The van der Waals surface area contributed by atoms with E-state index in [4.69, 9.17) is 4.98 Å². The second kappa shape index (κ2) is 9.23. The molecule has 0 radical (unpaired) electrons. The first-order chi connectivity index (χ1) is 18.3. The van der Waals surface area contributed by atoms with Crippen LogP contribution in [0.5, 0.6) is 0 Å². The second-order valence-corrected chi connectivity index (χ2v) is 10.2. The number of likely N-dealkylation sites (tertiary alicyclic amines) is 1. The van der Waals surface area contributed by atoms with Gasteiger partial charge in [0.1, 0.15) is 18.5 Å². The Hall–Kier alpha value is -3.73. The highest BCUT2D eigenvalue weighted by molar-refractivity contribution is 5.96. The number of aryl methyl sites for hydroxylation is 1. The minimum atomic E-state index is -2.73. The van der Waals surface area contributed by atoms with Gasteiger partial charge >= 0.3 is 0 Å². The van der Waals surface area contributed by atoms with Gasteiger partial charge in [-0.1, -0.05) is 12.1 Å². The fourth-order valence-corrected chi connectivity index (χ4v) is 5.70. The van der Waals surface area contributed by atoms with Crippen molar-refractivity contribution in [3.05, 3.63) is 53.7 Å². The lowest BCUT2D eigenvalue weighted by molar-refractivity contribution is -0.135. The molecule has 0 bridgehead atoms. The summed E-state index contributed by atoms with van der Waals surface area (Å²) in [6, 6.07) is 6.57. The number of pyridine rings is 1. The Morgan fingerprint density at radius 3 is 2.61 bits per heavy atom. The predicted molar refractivity (Wildman–Crippen MR) is 136 cm³/mol. The van der Waals surface area contributed by atoms with E-state index in [0.717, 1.165) is 11.5 Å². The molecule has 0 saturated carbocycles. The van der Waals surface area contributed by atoms with Crippen molar-refractivity contribution in [3.8, 4) is 22.5 Å². The van der Waals surface area contributed by atoms with Crippen molar-refractivity contribution in [2.75, 3.05) is 33.4 Å². The van der Waals surface area contributed by atoms with Gasteiger partial charge in [-0.3, -0.25) is 14.4 Å². The maximum absolute atomic E-state index is 14.3. The third-order valence-corrected chi connectivity index (χ3v) is 7.63. The Balaban J connectivity index is 1.53. The van der Waals surface area contributed by atoms with Crippen LogP contribution in [0.15, 0.2) is 36.7 Å². The molecule has 0 N–H and O–H groups in total. The smallest absolute Gasteiger partial charge is 0.265 e. The quantitative estimate of drug-likeness (QED) is 0.376. The lowest BCUT2D eigenvalue weighted by atomic mass is 9.98. The summed E-state index contributed by atoms with van der Waals surface area (Å²) in [4.78, 5) is 26.3. The summed E-state index contributed by atoms with van der Waals surface area (Å²) >= 11 is 0. The molecule has 0 aliphatic carbocycles. The number of likely N-dealkylation sites (N-methyl/N-ethyl adjacent to an activating group) is 1. The van der Waals surface area contributed by atoms with Crippen LogP contribution in [0.4, 0.5) is 13.2 Å². The van der Waals surface area contributed by atoms with E-state index in [0.29, 0.717) is 53.9 Å². The summed E-state index contributed by atoms with van der Waals surface area (Å²) < 4.78 is 45.0. The number of carbonyl (C=O) groups is 1. The van der Waals surface area contributed by atoms with Crippen LogP contribution in [0.25, 0.3) is 33.4 Å². The Morgan fingerprint density at radius 1 is 1.13 bits per heavy atom. The molecule has 4 aromatic rings. The van der Waals surface area contributed by atoms with Crippen molar-refractivity contribution in [2.24, 2.45) is 7.05 Å². The van der Waals surface area contributed by atoms with E-state index in [-0.39, 0.29) is 23.1 Å². The number of rotatable bonds is 6. The molecule has 0 spiro atoms. The standard InChI is InChI=1S/C27H28F3N7O/c1-15-27(38)34(2)14-22-24(33-26(37(15)22)17-12-36(13-17)8-7-28)18-5-4-6-21-19(18)9-20(25(29)30)23(32-21)16-10-31-35(3)11-16/h4-6,9-11,15,17,25H,7-8,12-14H2,1-3H3/t15-/m0/s1. The zero-order chi connectivity index (χ0) is 26.7. The lowest BCUT2D eigenvalue weighted by Crippen LogP contribution is -2.48. The molecule has 3 aromatic heterocycles. The average molecular weight is 524 g/mol. The molecule has 198 valence electrons. The second-order valence-electron chi connectivity index (χ2n) is 10.2. The number of carbonyl (C=O) groups excluding carboxylic acids is 1. The molecule has 5 heterocycles. The molecule has 2 aliphatic rings. The number of halogens is 3. The monoisotopic (exact) mass is 523 g/mol. The van der Waals surface area contributed by atoms with Gasteiger partial charge in [-0.2, -0.15) is 5.10 Å². The number of amides is 1. The normalized spacial score (nSPS) is 18.4. The van der Waals surface area contributed by atoms with Gasteiger partial charge in [-0.15, -0.1) is 0 Å². The predicted octanol–water partition coefficient (Wildman–Crippen LogP) is 4.34. The molecule has 1 amide bonds. The molecule has 2 aliphatic heterocycles. The average Bonchev–Trinajstić information content (AvgIpc) is 3.47. The van der Waals surface area contributed by atoms with Gasteiger partial charge in [0.2, 0.25) is 5.91 Å². The molecule has 6 rings (SSSR count). The third-order valence-electron chi connectivity index (χ3n) is 7.63. The number of hydrogen-bond donors (Lipinski definition) is 0. The molecule has 1 aromatic carbocycles. The zero-order valence-electron chi connectivity index (χ0n) is 21.4. The van der Waals surface area contributed by atoms with Crippen LogP contribution in [-0.2, 0) is 18.4 Å². The molecular formula is C27H28F3N7O. The molecule has 1 saturated heterocycles. The van der Waals surface area contributed by atoms with Gasteiger partial charge in [-0.25, -0.2) is 23.1 Å². The van der Waals surface area contributed by atoms with Gasteiger partial charge in [0.05, 0.1) is 35.3 Å². The maximum Gasteiger partial charge on any atom is 0.265 e. The van der Waals surface area contributed by atoms with Crippen LogP contribution in [0.3, 0.4) is 0 Å². The van der Waals surface area contributed by atoms with E-state index in [1.807, 2.05) is 28.5 Å². The van der Waals surface area contributed by atoms with Crippen LogP contribution in [0.2, 0.25) is 0 Å². The molecule has 38 heavy (non-hydrogen) atoms. The van der Waals surface area contributed by atoms with E-state index in [9.17, 15) is 18.0 Å². The fourth-order valence-electron chi connectivity index (χ4n) is 5.70. The van der Waals surface area contributed by atoms with Crippen LogP contribution in [0.1, 0.15) is 42.4 Å². The third kappa shape index (κ3) is 3.87. The molecule has 1 fully saturated rings. The van der Waals surface area contributed by atoms with Crippen molar-refractivity contribution in [2.45, 2.75) is 31.9 Å². The zero-order valence-corrected chi connectivity index (χ0v) is 21.4. The minimum Gasteiger partial charge on any atom is -0.338 e. The first-order valence-corrected chi connectivity index (χ1v) is 12.6. The number of aromatic nitrogens is 5. The largest absolute Gasteiger partial charge is 0.338 e. The van der Waals surface area contributed by atoms with Gasteiger partial charge in [-0.05, 0) is 19.1 Å². The minimum absolute atomic E-state index is 0.0108. The van der Waals surface area contributed by atoms with Crippen LogP contribution >= 0.6 is 0 Å². The number of alkyl halides is 3. The van der Waals surface area contributed by atoms with Crippen molar-refractivity contribution < 1.29 is 18.0 Å². The highest BCUT2D eigenvalue weighted by Gasteiger charge is 2.39. The van der Waals surface area contributed by atoms with Gasteiger partial charge in [0, 0.05) is 67.9 Å².